The van der Waals surface area contributed by atoms with E-state index in [-0.39, 0.29) is 17.4 Å². The van der Waals surface area contributed by atoms with Crippen LogP contribution in [0.3, 0.4) is 0 Å². The summed E-state index contributed by atoms with van der Waals surface area (Å²) in [5, 5.41) is 12.2. The zero-order valence-electron chi connectivity index (χ0n) is 11.3. The monoisotopic (exact) mass is 296 g/mol. The molecule has 21 heavy (non-hydrogen) atoms. The maximum atomic E-state index is 13.1. The van der Waals surface area contributed by atoms with Crippen molar-refractivity contribution in [1.82, 2.24) is 5.32 Å². The number of fused-ring (bicyclic) bond motifs is 2. The van der Waals surface area contributed by atoms with E-state index in [1.807, 2.05) is 0 Å². The molecule has 1 aromatic rings. The molecule has 1 aromatic carbocycles. The first-order valence-electron chi connectivity index (χ1n) is 7.00. The summed E-state index contributed by atoms with van der Waals surface area (Å²) in [7, 11) is 0. The number of rotatable bonds is 2. The molecule has 2 saturated heterocycles. The molecule has 0 amide bonds. The fourth-order valence-corrected chi connectivity index (χ4v) is 3.20. The molecule has 3 rings (SSSR count). The molecule has 1 N–H and O–H groups in total. The molecule has 2 fully saturated rings. The van der Waals surface area contributed by atoms with E-state index in [2.05, 4.69) is 5.32 Å². The molecule has 2 bridgehead atoms. The Bertz CT molecular complexity index is 567. The Hall–Kier alpha value is -1.74. The van der Waals surface area contributed by atoms with Crippen LogP contribution in [0.15, 0.2) is 18.2 Å². The quantitative estimate of drug-likeness (QED) is 0.911. The van der Waals surface area contributed by atoms with Gasteiger partial charge in [-0.15, -0.1) is 0 Å². The number of ether oxygens (including phenoxy) is 1. The Morgan fingerprint density at radius 1 is 1.19 bits per heavy atom. The normalized spacial score (nSPS) is 28.2. The standard InChI is InChI=1S/C15H15F3N2O/c16-15(17,18)13-5-9(8-19)1-4-14(13)21-12-6-10-2-3-11(7-12)20-10/h1,4-5,10-12,20H,2-3,6-7H2. The number of nitrogens with zero attached hydrogens (tertiary/aromatic N) is 1. The van der Waals surface area contributed by atoms with Crippen LogP contribution in [0.5, 0.6) is 5.75 Å². The lowest BCUT2D eigenvalue weighted by Crippen LogP contribution is -2.42. The van der Waals surface area contributed by atoms with E-state index in [9.17, 15) is 13.2 Å². The zero-order chi connectivity index (χ0) is 15.0. The second kappa shape index (κ2) is 5.23. The molecule has 0 aromatic heterocycles. The second-order valence-electron chi connectivity index (χ2n) is 5.67. The molecular formula is C15H15F3N2O. The fourth-order valence-electron chi connectivity index (χ4n) is 3.20. The first-order valence-corrected chi connectivity index (χ1v) is 7.00. The van der Waals surface area contributed by atoms with Crippen LogP contribution in [0, 0.1) is 11.3 Å². The van der Waals surface area contributed by atoms with Crippen LogP contribution in [0.1, 0.15) is 36.8 Å². The van der Waals surface area contributed by atoms with Crippen LogP contribution in [0.2, 0.25) is 0 Å². The van der Waals surface area contributed by atoms with Crippen molar-refractivity contribution < 1.29 is 17.9 Å². The van der Waals surface area contributed by atoms with E-state index in [1.165, 1.54) is 12.1 Å². The highest BCUT2D eigenvalue weighted by Crippen LogP contribution is 2.38. The lowest BCUT2D eigenvalue weighted by atomic mass is 10.0. The van der Waals surface area contributed by atoms with Crippen molar-refractivity contribution in [3.8, 4) is 11.8 Å². The SMILES string of the molecule is N#Cc1ccc(OC2CC3CCC(C2)N3)c(C(F)(F)F)c1. The first-order chi connectivity index (χ1) is 9.95. The first kappa shape index (κ1) is 14.2. The molecular weight excluding hydrogens is 281 g/mol. The number of nitriles is 1. The molecule has 0 aliphatic carbocycles. The van der Waals surface area contributed by atoms with E-state index in [4.69, 9.17) is 10.00 Å². The van der Waals surface area contributed by atoms with E-state index >= 15 is 0 Å². The van der Waals surface area contributed by atoms with Gasteiger partial charge in [-0.25, -0.2) is 0 Å². The van der Waals surface area contributed by atoms with Gasteiger partial charge in [-0.3, -0.25) is 0 Å². The van der Waals surface area contributed by atoms with Crippen molar-refractivity contribution >= 4 is 0 Å². The van der Waals surface area contributed by atoms with Crippen LogP contribution < -0.4 is 10.1 Å². The number of hydrogen-bond acceptors (Lipinski definition) is 3. The third-order valence-electron chi connectivity index (χ3n) is 4.14. The summed E-state index contributed by atoms with van der Waals surface area (Å²) in [5.41, 5.74) is -0.882. The minimum atomic E-state index is -4.52. The molecule has 0 radical (unpaired) electrons. The number of hydrogen-bond donors (Lipinski definition) is 1. The number of nitrogens with one attached hydrogen (secondary N) is 1. The van der Waals surface area contributed by atoms with Crippen LogP contribution in [0.4, 0.5) is 13.2 Å². The van der Waals surface area contributed by atoms with Gasteiger partial charge in [0, 0.05) is 12.1 Å². The Morgan fingerprint density at radius 2 is 1.86 bits per heavy atom. The number of halogens is 3. The molecule has 0 saturated carbocycles. The van der Waals surface area contributed by atoms with E-state index in [0.717, 1.165) is 31.7 Å². The van der Waals surface area contributed by atoms with Gasteiger partial charge in [0.1, 0.15) is 11.9 Å². The fraction of sp³-hybridized carbons (Fsp3) is 0.533. The number of benzene rings is 1. The predicted octanol–water partition coefficient (Wildman–Crippen LogP) is 3.24. The molecule has 2 heterocycles. The van der Waals surface area contributed by atoms with Gasteiger partial charge >= 0.3 is 6.18 Å². The van der Waals surface area contributed by atoms with Crippen molar-refractivity contribution in [3.63, 3.8) is 0 Å². The van der Waals surface area contributed by atoms with Crippen molar-refractivity contribution in [1.29, 1.82) is 5.26 Å². The highest BCUT2D eigenvalue weighted by atomic mass is 19.4. The second-order valence-corrected chi connectivity index (χ2v) is 5.67. The van der Waals surface area contributed by atoms with Gasteiger partial charge in [-0.1, -0.05) is 0 Å². The number of alkyl halides is 3. The molecule has 112 valence electrons. The average molecular weight is 296 g/mol. The van der Waals surface area contributed by atoms with Crippen molar-refractivity contribution in [2.24, 2.45) is 0 Å². The minimum absolute atomic E-state index is 0.0138. The highest BCUT2D eigenvalue weighted by Gasteiger charge is 2.38. The third-order valence-corrected chi connectivity index (χ3v) is 4.14. The summed E-state index contributed by atoms with van der Waals surface area (Å²) < 4.78 is 44.9. The molecule has 3 nitrogen and oxygen atoms in total. The Balaban J connectivity index is 1.83. The van der Waals surface area contributed by atoms with E-state index in [1.54, 1.807) is 6.07 Å². The summed E-state index contributed by atoms with van der Waals surface area (Å²) in [6.45, 7) is 0. The largest absolute Gasteiger partial charge is 0.490 e. The van der Waals surface area contributed by atoms with Gasteiger partial charge in [0.05, 0.1) is 17.2 Å². The van der Waals surface area contributed by atoms with Crippen LogP contribution in [-0.4, -0.2) is 18.2 Å². The molecule has 0 spiro atoms. The number of piperidine rings is 1. The van der Waals surface area contributed by atoms with Gasteiger partial charge in [-0.2, -0.15) is 18.4 Å². The van der Waals surface area contributed by atoms with Gasteiger partial charge in [0.2, 0.25) is 0 Å². The topological polar surface area (TPSA) is 45.0 Å². The average Bonchev–Trinajstić information content (AvgIpc) is 2.77. The van der Waals surface area contributed by atoms with Crippen molar-refractivity contribution in [3.05, 3.63) is 29.3 Å². The third kappa shape index (κ3) is 2.98. The van der Waals surface area contributed by atoms with E-state index in [0.29, 0.717) is 12.1 Å². The minimum Gasteiger partial charge on any atom is -0.490 e. The summed E-state index contributed by atoms with van der Waals surface area (Å²) >= 11 is 0. The summed E-state index contributed by atoms with van der Waals surface area (Å²) in [5.74, 6) is -0.173. The van der Waals surface area contributed by atoms with Crippen molar-refractivity contribution in [2.45, 2.75) is 50.0 Å². The Morgan fingerprint density at radius 3 is 2.43 bits per heavy atom. The lowest BCUT2D eigenvalue weighted by molar-refractivity contribution is -0.139. The smallest absolute Gasteiger partial charge is 0.420 e. The summed E-state index contributed by atoms with van der Waals surface area (Å²) in [6.07, 6.45) is -1.14. The Labute approximate surface area is 120 Å². The highest BCUT2D eigenvalue weighted by molar-refractivity contribution is 5.43. The van der Waals surface area contributed by atoms with Crippen molar-refractivity contribution in [2.75, 3.05) is 0 Å². The van der Waals surface area contributed by atoms with Gasteiger partial charge in [-0.05, 0) is 43.9 Å². The zero-order valence-corrected chi connectivity index (χ0v) is 11.3. The lowest BCUT2D eigenvalue weighted by Gasteiger charge is -2.30. The van der Waals surface area contributed by atoms with Gasteiger partial charge < -0.3 is 10.1 Å². The van der Waals surface area contributed by atoms with E-state index < -0.39 is 11.7 Å². The van der Waals surface area contributed by atoms with Crippen LogP contribution >= 0.6 is 0 Å². The van der Waals surface area contributed by atoms with Gasteiger partial charge in [0.15, 0.2) is 0 Å². The molecule has 2 aliphatic heterocycles. The maximum absolute atomic E-state index is 13.1. The molecule has 6 heteroatoms. The maximum Gasteiger partial charge on any atom is 0.420 e. The molecule has 2 unspecified atom stereocenters. The predicted molar refractivity (Wildman–Crippen MR) is 69.8 cm³/mol. The summed E-state index contributed by atoms with van der Waals surface area (Å²) in [4.78, 5) is 0. The molecule has 2 aliphatic rings. The van der Waals surface area contributed by atoms with Crippen LogP contribution in [-0.2, 0) is 6.18 Å². The summed E-state index contributed by atoms with van der Waals surface area (Å²) in [6, 6.07) is 5.89. The van der Waals surface area contributed by atoms with Gasteiger partial charge in [0.25, 0.3) is 0 Å². The van der Waals surface area contributed by atoms with Crippen LogP contribution in [0.25, 0.3) is 0 Å². The molecule has 2 atom stereocenters. The Kier molecular flexibility index (Phi) is 3.54.